The first-order chi connectivity index (χ1) is 9.60. The lowest BCUT2D eigenvalue weighted by Gasteiger charge is -2.21. The summed E-state index contributed by atoms with van der Waals surface area (Å²) in [5.41, 5.74) is 5.58. The summed E-state index contributed by atoms with van der Waals surface area (Å²) in [6, 6.07) is 0. The Bertz CT molecular complexity index is 322. The highest BCUT2D eigenvalue weighted by molar-refractivity contribution is 5.81. The maximum absolute atomic E-state index is 12.3. The highest BCUT2D eigenvalue weighted by Gasteiger charge is 2.36. The lowest BCUT2D eigenvalue weighted by Crippen LogP contribution is -2.39. The molecule has 2 aliphatic heterocycles. The van der Waals surface area contributed by atoms with E-state index in [-0.39, 0.29) is 24.2 Å². The molecular weight excluding hydrogens is 256 g/mol. The van der Waals surface area contributed by atoms with Crippen LogP contribution in [0.5, 0.6) is 0 Å². The molecule has 0 saturated carbocycles. The first-order valence-corrected chi connectivity index (χ1v) is 7.86. The third kappa shape index (κ3) is 4.17. The normalized spacial score (nSPS) is 30.4. The van der Waals surface area contributed by atoms with Gasteiger partial charge in [-0.15, -0.1) is 0 Å². The third-order valence-electron chi connectivity index (χ3n) is 4.15. The standard InChI is InChI=1S/C15H28N2O3/c1-11(2)6-8-19-13-5-7-17(10-13)15(18)14-4-3-12(9-16)20-14/h11-14H,3-10,16H2,1-2H3/t12-,13?,14+/m1/s1. The first kappa shape index (κ1) is 15.7. The Morgan fingerprint density at radius 2 is 2.20 bits per heavy atom. The van der Waals surface area contributed by atoms with Crippen LogP contribution in [0.15, 0.2) is 0 Å². The van der Waals surface area contributed by atoms with E-state index in [0.717, 1.165) is 38.8 Å². The van der Waals surface area contributed by atoms with Crippen LogP contribution >= 0.6 is 0 Å². The molecule has 116 valence electrons. The van der Waals surface area contributed by atoms with E-state index in [2.05, 4.69) is 13.8 Å². The highest BCUT2D eigenvalue weighted by Crippen LogP contribution is 2.23. The Hall–Kier alpha value is -0.650. The molecule has 1 unspecified atom stereocenters. The van der Waals surface area contributed by atoms with Crippen LogP contribution in [0.4, 0.5) is 0 Å². The molecule has 5 heteroatoms. The van der Waals surface area contributed by atoms with Crippen molar-refractivity contribution in [3.8, 4) is 0 Å². The van der Waals surface area contributed by atoms with E-state index in [1.807, 2.05) is 4.90 Å². The van der Waals surface area contributed by atoms with Gasteiger partial charge in [-0.05, 0) is 31.6 Å². The van der Waals surface area contributed by atoms with E-state index in [4.69, 9.17) is 15.2 Å². The third-order valence-corrected chi connectivity index (χ3v) is 4.15. The molecule has 0 bridgehead atoms. The molecule has 0 aromatic rings. The van der Waals surface area contributed by atoms with Crippen molar-refractivity contribution in [3.63, 3.8) is 0 Å². The van der Waals surface area contributed by atoms with Gasteiger partial charge in [0.25, 0.3) is 5.91 Å². The maximum atomic E-state index is 12.3. The van der Waals surface area contributed by atoms with Gasteiger partial charge in [-0.2, -0.15) is 0 Å². The second kappa shape index (κ2) is 7.38. The molecule has 1 amide bonds. The molecule has 0 aromatic carbocycles. The van der Waals surface area contributed by atoms with Crippen molar-refractivity contribution >= 4 is 5.91 Å². The van der Waals surface area contributed by atoms with Gasteiger partial charge < -0.3 is 20.1 Å². The minimum absolute atomic E-state index is 0.0599. The Morgan fingerprint density at radius 3 is 2.85 bits per heavy atom. The van der Waals surface area contributed by atoms with Crippen LogP contribution in [0.1, 0.15) is 39.5 Å². The zero-order chi connectivity index (χ0) is 14.5. The summed E-state index contributed by atoms with van der Waals surface area (Å²) in [6.45, 7) is 7.19. The molecule has 2 N–H and O–H groups in total. The van der Waals surface area contributed by atoms with Crippen LogP contribution in [0.3, 0.4) is 0 Å². The van der Waals surface area contributed by atoms with Crippen LogP contribution < -0.4 is 5.73 Å². The number of ether oxygens (including phenoxy) is 2. The van der Waals surface area contributed by atoms with Gasteiger partial charge >= 0.3 is 0 Å². The zero-order valence-corrected chi connectivity index (χ0v) is 12.7. The van der Waals surface area contributed by atoms with E-state index in [9.17, 15) is 4.79 Å². The summed E-state index contributed by atoms with van der Waals surface area (Å²) in [5.74, 6) is 0.783. The molecule has 0 radical (unpaired) electrons. The maximum Gasteiger partial charge on any atom is 0.251 e. The number of rotatable bonds is 6. The summed E-state index contributed by atoms with van der Waals surface area (Å²) in [6.07, 6.45) is 3.70. The van der Waals surface area contributed by atoms with E-state index < -0.39 is 0 Å². The van der Waals surface area contributed by atoms with Crippen molar-refractivity contribution < 1.29 is 14.3 Å². The van der Waals surface area contributed by atoms with Gasteiger partial charge in [-0.25, -0.2) is 0 Å². The van der Waals surface area contributed by atoms with Crippen molar-refractivity contribution in [1.29, 1.82) is 0 Å². The number of carbonyl (C=O) groups excluding carboxylic acids is 1. The van der Waals surface area contributed by atoms with Crippen LogP contribution in [-0.4, -0.2) is 55.4 Å². The highest BCUT2D eigenvalue weighted by atomic mass is 16.5. The number of amides is 1. The van der Waals surface area contributed by atoms with Gasteiger partial charge in [0, 0.05) is 26.2 Å². The van der Waals surface area contributed by atoms with Gasteiger partial charge in [-0.3, -0.25) is 4.79 Å². The molecule has 2 heterocycles. The molecule has 3 atom stereocenters. The summed E-state index contributed by atoms with van der Waals surface area (Å²) < 4.78 is 11.5. The largest absolute Gasteiger partial charge is 0.376 e. The summed E-state index contributed by atoms with van der Waals surface area (Å²) in [7, 11) is 0. The molecule has 2 fully saturated rings. The summed E-state index contributed by atoms with van der Waals surface area (Å²) >= 11 is 0. The second-order valence-corrected chi connectivity index (χ2v) is 6.31. The lowest BCUT2D eigenvalue weighted by molar-refractivity contribution is -0.142. The summed E-state index contributed by atoms with van der Waals surface area (Å²) in [5, 5.41) is 0. The van der Waals surface area contributed by atoms with Gasteiger partial charge in [0.2, 0.25) is 0 Å². The van der Waals surface area contributed by atoms with E-state index >= 15 is 0 Å². The van der Waals surface area contributed by atoms with Crippen molar-refractivity contribution in [2.24, 2.45) is 11.7 Å². The molecule has 0 spiro atoms. The minimum atomic E-state index is -0.280. The quantitative estimate of drug-likeness (QED) is 0.795. The summed E-state index contributed by atoms with van der Waals surface area (Å²) in [4.78, 5) is 14.2. The second-order valence-electron chi connectivity index (χ2n) is 6.31. The molecule has 2 rings (SSSR count). The van der Waals surface area contributed by atoms with Crippen molar-refractivity contribution in [2.45, 2.75) is 57.8 Å². The lowest BCUT2D eigenvalue weighted by atomic mass is 10.1. The Balaban J connectivity index is 1.71. The number of likely N-dealkylation sites (tertiary alicyclic amines) is 1. The van der Waals surface area contributed by atoms with Gasteiger partial charge in [-0.1, -0.05) is 13.8 Å². The smallest absolute Gasteiger partial charge is 0.251 e. The minimum Gasteiger partial charge on any atom is -0.376 e. The zero-order valence-electron chi connectivity index (χ0n) is 12.7. The van der Waals surface area contributed by atoms with Crippen LogP contribution in [0.25, 0.3) is 0 Å². The monoisotopic (exact) mass is 284 g/mol. The van der Waals surface area contributed by atoms with E-state index in [0.29, 0.717) is 19.0 Å². The van der Waals surface area contributed by atoms with Crippen molar-refractivity contribution in [1.82, 2.24) is 4.90 Å². The Labute approximate surface area is 121 Å². The SMILES string of the molecule is CC(C)CCOC1CCN(C(=O)[C@@H]2CC[C@H](CN)O2)C1. The van der Waals surface area contributed by atoms with E-state index in [1.54, 1.807) is 0 Å². The van der Waals surface area contributed by atoms with Gasteiger partial charge in [0.1, 0.15) is 6.10 Å². The molecule has 0 aromatic heterocycles. The molecular formula is C15H28N2O3. The molecule has 5 nitrogen and oxygen atoms in total. The molecule has 20 heavy (non-hydrogen) atoms. The number of carbonyl (C=O) groups is 1. The Morgan fingerprint density at radius 1 is 1.40 bits per heavy atom. The average Bonchev–Trinajstić information content (AvgIpc) is 3.06. The number of nitrogens with zero attached hydrogens (tertiary/aromatic N) is 1. The molecule has 0 aliphatic carbocycles. The fraction of sp³-hybridized carbons (Fsp3) is 0.933. The molecule has 2 aliphatic rings. The average molecular weight is 284 g/mol. The van der Waals surface area contributed by atoms with Crippen LogP contribution in [0.2, 0.25) is 0 Å². The fourth-order valence-corrected chi connectivity index (χ4v) is 2.80. The van der Waals surface area contributed by atoms with Crippen molar-refractivity contribution in [2.75, 3.05) is 26.2 Å². The topological polar surface area (TPSA) is 64.8 Å². The number of hydrogen-bond acceptors (Lipinski definition) is 4. The predicted molar refractivity (Wildman–Crippen MR) is 77.3 cm³/mol. The fourth-order valence-electron chi connectivity index (χ4n) is 2.80. The first-order valence-electron chi connectivity index (χ1n) is 7.86. The predicted octanol–water partition coefficient (Wildman–Crippen LogP) is 1.16. The molecule has 2 saturated heterocycles. The number of nitrogens with two attached hydrogens (primary N) is 1. The van der Waals surface area contributed by atoms with Crippen molar-refractivity contribution in [3.05, 3.63) is 0 Å². The van der Waals surface area contributed by atoms with Crippen LogP contribution in [-0.2, 0) is 14.3 Å². The van der Waals surface area contributed by atoms with E-state index in [1.165, 1.54) is 0 Å². The van der Waals surface area contributed by atoms with Gasteiger partial charge in [0.15, 0.2) is 0 Å². The van der Waals surface area contributed by atoms with Crippen LogP contribution in [0, 0.1) is 5.92 Å². The Kier molecular flexibility index (Phi) is 5.81. The number of hydrogen-bond donors (Lipinski definition) is 1. The van der Waals surface area contributed by atoms with Gasteiger partial charge in [0.05, 0.1) is 12.2 Å².